The van der Waals surface area contributed by atoms with Gasteiger partial charge in [-0.3, -0.25) is 0 Å². The van der Waals surface area contributed by atoms with Gasteiger partial charge in [0.25, 0.3) is 0 Å². The molecule has 1 aliphatic heterocycles. The van der Waals surface area contributed by atoms with Crippen molar-refractivity contribution in [3.63, 3.8) is 0 Å². The number of rotatable bonds is 3. The largest absolute Gasteiger partial charge is 0.489 e. The first-order valence-electron chi connectivity index (χ1n) is 7.96. The Balaban J connectivity index is 1.95. The Morgan fingerprint density at radius 2 is 2.13 bits per heavy atom. The van der Waals surface area contributed by atoms with E-state index in [0.29, 0.717) is 12.0 Å². The fourth-order valence-electron chi connectivity index (χ4n) is 3.95. The van der Waals surface area contributed by atoms with E-state index in [1.54, 1.807) is 13.2 Å². The molecule has 0 N–H and O–H groups in total. The number of carbonyl (C=O) groups excluding carboxylic acids is 2. The van der Waals surface area contributed by atoms with Crippen LogP contribution in [0.15, 0.2) is 12.1 Å². The van der Waals surface area contributed by atoms with Crippen molar-refractivity contribution in [1.82, 2.24) is 0 Å². The minimum Gasteiger partial charge on any atom is -0.489 e. The monoisotopic (exact) mass is 318 g/mol. The standard InChI is InChI=1S/C18H22O5/c1-10-12(18(20)22-3)6-4-11-5-7-13-14(9-19)15(21-2)8-16(13)23-17(10)11/h4,6,9,13-16H,5,7-8H2,1-3H3/t13-,14-,15-,16+/m1/s1. The van der Waals surface area contributed by atoms with Gasteiger partial charge in [-0.1, -0.05) is 6.07 Å². The predicted molar refractivity (Wildman–Crippen MR) is 83.7 cm³/mol. The van der Waals surface area contributed by atoms with Crippen LogP contribution in [0.3, 0.4) is 0 Å². The van der Waals surface area contributed by atoms with Crippen molar-refractivity contribution in [2.45, 2.75) is 38.4 Å². The zero-order valence-electron chi connectivity index (χ0n) is 13.7. The second-order valence-corrected chi connectivity index (χ2v) is 6.30. The van der Waals surface area contributed by atoms with E-state index in [1.165, 1.54) is 7.11 Å². The van der Waals surface area contributed by atoms with E-state index in [0.717, 1.165) is 36.0 Å². The summed E-state index contributed by atoms with van der Waals surface area (Å²) in [6.45, 7) is 1.88. The molecule has 1 aromatic rings. The molecule has 0 saturated heterocycles. The molecule has 1 aliphatic carbocycles. The summed E-state index contributed by atoms with van der Waals surface area (Å²) in [4.78, 5) is 23.4. The average molecular weight is 318 g/mol. The van der Waals surface area contributed by atoms with Crippen LogP contribution in [0.25, 0.3) is 0 Å². The average Bonchev–Trinajstić information content (AvgIpc) is 2.80. The topological polar surface area (TPSA) is 61.8 Å². The lowest BCUT2D eigenvalue weighted by Gasteiger charge is -2.21. The Hall–Kier alpha value is -1.88. The number of hydrogen-bond donors (Lipinski definition) is 0. The maximum Gasteiger partial charge on any atom is 0.338 e. The quantitative estimate of drug-likeness (QED) is 0.632. The van der Waals surface area contributed by atoms with Crippen molar-refractivity contribution in [3.05, 3.63) is 28.8 Å². The Kier molecular flexibility index (Phi) is 4.39. The Morgan fingerprint density at radius 3 is 2.78 bits per heavy atom. The van der Waals surface area contributed by atoms with Gasteiger partial charge < -0.3 is 19.0 Å². The van der Waals surface area contributed by atoms with Crippen molar-refractivity contribution in [2.24, 2.45) is 11.8 Å². The van der Waals surface area contributed by atoms with Crippen LogP contribution >= 0.6 is 0 Å². The van der Waals surface area contributed by atoms with Gasteiger partial charge in [0.15, 0.2) is 0 Å². The number of esters is 1. The highest BCUT2D eigenvalue weighted by molar-refractivity contribution is 5.92. The first-order valence-corrected chi connectivity index (χ1v) is 7.96. The third kappa shape index (κ3) is 2.63. The van der Waals surface area contributed by atoms with Gasteiger partial charge in [0.1, 0.15) is 18.1 Å². The molecule has 1 fully saturated rings. The molecular formula is C18H22O5. The van der Waals surface area contributed by atoms with Crippen LogP contribution < -0.4 is 4.74 Å². The molecule has 1 aromatic carbocycles. The maximum atomic E-state index is 11.9. The molecule has 0 unspecified atom stereocenters. The van der Waals surface area contributed by atoms with Crippen molar-refractivity contribution >= 4 is 12.3 Å². The summed E-state index contributed by atoms with van der Waals surface area (Å²) in [6, 6.07) is 3.72. The Morgan fingerprint density at radius 1 is 1.35 bits per heavy atom. The maximum absolute atomic E-state index is 11.9. The summed E-state index contributed by atoms with van der Waals surface area (Å²) >= 11 is 0. The summed E-state index contributed by atoms with van der Waals surface area (Å²) in [5.41, 5.74) is 2.42. The lowest BCUT2D eigenvalue weighted by Crippen LogP contribution is -2.26. The Bertz CT molecular complexity index is 624. The molecule has 0 radical (unpaired) electrons. The van der Waals surface area contributed by atoms with E-state index in [9.17, 15) is 9.59 Å². The highest BCUT2D eigenvalue weighted by Gasteiger charge is 2.46. The summed E-state index contributed by atoms with van der Waals surface area (Å²) in [6.07, 6.45) is 3.28. The first kappa shape index (κ1) is 16.0. The molecule has 0 aromatic heterocycles. The molecule has 124 valence electrons. The summed E-state index contributed by atoms with van der Waals surface area (Å²) < 4.78 is 16.6. The van der Waals surface area contributed by atoms with Gasteiger partial charge in [0, 0.05) is 30.9 Å². The lowest BCUT2D eigenvalue weighted by molar-refractivity contribution is -0.115. The minimum atomic E-state index is -0.360. The molecule has 1 heterocycles. The van der Waals surface area contributed by atoms with Crippen LogP contribution in [-0.2, 0) is 20.7 Å². The van der Waals surface area contributed by atoms with E-state index in [1.807, 2.05) is 13.0 Å². The van der Waals surface area contributed by atoms with Gasteiger partial charge in [0.2, 0.25) is 0 Å². The molecule has 0 bridgehead atoms. The molecule has 1 saturated carbocycles. The fourth-order valence-corrected chi connectivity index (χ4v) is 3.95. The van der Waals surface area contributed by atoms with Crippen LogP contribution in [-0.4, -0.2) is 38.7 Å². The summed E-state index contributed by atoms with van der Waals surface area (Å²) in [5, 5.41) is 0. The van der Waals surface area contributed by atoms with Gasteiger partial charge in [0.05, 0.1) is 18.8 Å². The lowest BCUT2D eigenvalue weighted by atomic mass is 9.89. The van der Waals surface area contributed by atoms with E-state index in [-0.39, 0.29) is 30.0 Å². The molecule has 5 nitrogen and oxygen atoms in total. The third-order valence-corrected chi connectivity index (χ3v) is 5.23. The number of methoxy groups -OCH3 is 2. The molecule has 3 rings (SSSR count). The van der Waals surface area contributed by atoms with E-state index in [4.69, 9.17) is 14.2 Å². The second kappa shape index (κ2) is 6.32. The zero-order chi connectivity index (χ0) is 16.6. The number of aryl methyl sites for hydroxylation is 1. The smallest absolute Gasteiger partial charge is 0.338 e. The van der Waals surface area contributed by atoms with Crippen LogP contribution in [0.2, 0.25) is 0 Å². The van der Waals surface area contributed by atoms with E-state index >= 15 is 0 Å². The van der Waals surface area contributed by atoms with Gasteiger partial charge in [-0.05, 0) is 31.4 Å². The number of aldehydes is 1. The highest BCUT2D eigenvalue weighted by Crippen LogP contribution is 2.43. The Labute approximate surface area is 135 Å². The van der Waals surface area contributed by atoms with E-state index in [2.05, 4.69) is 0 Å². The second-order valence-electron chi connectivity index (χ2n) is 6.30. The zero-order valence-corrected chi connectivity index (χ0v) is 13.7. The molecule has 0 spiro atoms. The van der Waals surface area contributed by atoms with E-state index < -0.39 is 0 Å². The molecule has 0 amide bonds. The van der Waals surface area contributed by atoms with Gasteiger partial charge in [-0.15, -0.1) is 0 Å². The number of carbonyl (C=O) groups is 2. The fraction of sp³-hybridized carbons (Fsp3) is 0.556. The number of hydrogen-bond acceptors (Lipinski definition) is 5. The van der Waals surface area contributed by atoms with Gasteiger partial charge >= 0.3 is 5.97 Å². The summed E-state index contributed by atoms with van der Waals surface area (Å²) in [7, 11) is 3.01. The van der Waals surface area contributed by atoms with Crippen LogP contribution in [0.5, 0.6) is 5.75 Å². The molecule has 5 heteroatoms. The number of fused-ring (bicyclic) bond motifs is 2. The molecular weight excluding hydrogens is 296 g/mol. The van der Waals surface area contributed by atoms with Crippen LogP contribution in [0.4, 0.5) is 0 Å². The summed E-state index contributed by atoms with van der Waals surface area (Å²) in [5.74, 6) is 0.439. The normalized spacial score (nSPS) is 29.0. The minimum absolute atomic E-state index is 0.0528. The number of ether oxygens (including phenoxy) is 3. The molecule has 4 atom stereocenters. The van der Waals surface area contributed by atoms with Crippen molar-refractivity contribution in [3.8, 4) is 5.75 Å². The first-order chi connectivity index (χ1) is 11.1. The van der Waals surface area contributed by atoms with Gasteiger partial charge in [-0.2, -0.15) is 0 Å². The van der Waals surface area contributed by atoms with Crippen molar-refractivity contribution in [1.29, 1.82) is 0 Å². The third-order valence-electron chi connectivity index (χ3n) is 5.23. The van der Waals surface area contributed by atoms with Crippen LogP contribution in [0, 0.1) is 18.8 Å². The highest BCUT2D eigenvalue weighted by atomic mass is 16.5. The van der Waals surface area contributed by atoms with Crippen molar-refractivity contribution in [2.75, 3.05) is 14.2 Å². The molecule has 2 aliphatic rings. The number of benzene rings is 1. The molecule has 23 heavy (non-hydrogen) atoms. The van der Waals surface area contributed by atoms with Crippen LogP contribution in [0.1, 0.15) is 34.3 Å². The SMILES string of the molecule is COC(=O)c1ccc2c(c1C)O[C@H]1C[C@@H](OC)[C@H](C=O)[C@H]1CC2. The predicted octanol–water partition coefficient (Wildman–Crippen LogP) is 2.33. The van der Waals surface area contributed by atoms with Gasteiger partial charge in [-0.25, -0.2) is 4.79 Å². The van der Waals surface area contributed by atoms with Crippen molar-refractivity contribution < 1.29 is 23.8 Å².